The Hall–Kier alpha value is -4.12. The number of aromatic hydroxyl groups is 3. The van der Waals surface area contributed by atoms with Crippen molar-refractivity contribution in [2.45, 2.75) is 20.8 Å². The van der Waals surface area contributed by atoms with Gasteiger partial charge in [-0.05, 0) is 79.9 Å². The molecule has 32 heavy (non-hydrogen) atoms. The molecule has 162 valence electrons. The van der Waals surface area contributed by atoms with E-state index in [1.807, 2.05) is 74.2 Å². The highest BCUT2D eigenvalue weighted by atomic mass is 16.5. The number of anilines is 3. The number of phenols is 3. The molecule has 5 heteroatoms. The van der Waals surface area contributed by atoms with Gasteiger partial charge in [0.2, 0.25) is 0 Å². The minimum Gasteiger partial charge on any atom is -0.508 e. The highest BCUT2D eigenvalue weighted by Crippen LogP contribution is 2.45. The fourth-order valence-electron chi connectivity index (χ4n) is 3.73. The first kappa shape index (κ1) is 21.1. The minimum absolute atomic E-state index is 0.0789. The molecule has 0 aliphatic rings. The zero-order valence-electron chi connectivity index (χ0n) is 18.2. The van der Waals surface area contributed by atoms with Crippen molar-refractivity contribution < 1.29 is 20.1 Å². The van der Waals surface area contributed by atoms with E-state index in [4.69, 9.17) is 4.74 Å². The summed E-state index contributed by atoms with van der Waals surface area (Å²) in [5.74, 6) is 1.20. The summed E-state index contributed by atoms with van der Waals surface area (Å²) in [7, 11) is 0. The van der Waals surface area contributed by atoms with Gasteiger partial charge in [-0.1, -0.05) is 24.3 Å². The molecular formula is C27H25NO4. The van der Waals surface area contributed by atoms with Crippen molar-refractivity contribution >= 4 is 17.1 Å². The molecule has 0 unspecified atom stereocenters. The average molecular weight is 428 g/mol. The van der Waals surface area contributed by atoms with Crippen molar-refractivity contribution in [3.05, 3.63) is 95.6 Å². The molecule has 5 nitrogen and oxygen atoms in total. The van der Waals surface area contributed by atoms with Gasteiger partial charge in [0.05, 0.1) is 17.1 Å². The topological polar surface area (TPSA) is 73.2 Å². The summed E-state index contributed by atoms with van der Waals surface area (Å²) in [6, 6.07) is 23.4. The fraction of sp³-hybridized carbons (Fsp3) is 0.111. The quantitative estimate of drug-likeness (QED) is 0.320. The van der Waals surface area contributed by atoms with E-state index in [1.165, 1.54) is 0 Å². The molecule has 0 fully saturated rings. The molecule has 4 aromatic carbocycles. The van der Waals surface area contributed by atoms with Crippen LogP contribution in [0.3, 0.4) is 0 Å². The molecule has 4 rings (SSSR count). The van der Waals surface area contributed by atoms with E-state index in [-0.39, 0.29) is 17.2 Å². The third-order valence-corrected chi connectivity index (χ3v) is 5.14. The van der Waals surface area contributed by atoms with Crippen molar-refractivity contribution in [2.24, 2.45) is 0 Å². The number of hydrogen-bond acceptors (Lipinski definition) is 5. The number of hydrogen-bond donors (Lipinski definition) is 3. The van der Waals surface area contributed by atoms with Gasteiger partial charge in [-0.3, -0.25) is 0 Å². The lowest BCUT2D eigenvalue weighted by Crippen LogP contribution is -2.11. The van der Waals surface area contributed by atoms with Crippen molar-refractivity contribution in [1.82, 2.24) is 0 Å². The Bertz CT molecular complexity index is 1190. The van der Waals surface area contributed by atoms with Crippen LogP contribution in [0.2, 0.25) is 0 Å². The van der Waals surface area contributed by atoms with Gasteiger partial charge in [0, 0.05) is 12.1 Å². The summed E-state index contributed by atoms with van der Waals surface area (Å²) >= 11 is 0. The van der Waals surface area contributed by atoms with Gasteiger partial charge in [0.25, 0.3) is 0 Å². The van der Waals surface area contributed by atoms with Crippen LogP contribution in [-0.2, 0) is 0 Å². The predicted octanol–water partition coefficient (Wildman–Crippen LogP) is 6.99. The maximum Gasteiger partial charge on any atom is 0.169 e. The van der Waals surface area contributed by atoms with Crippen LogP contribution < -0.4 is 9.64 Å². The molecule has 0 amide bonds. The summed E-state index contributed by atoms with van der Waals surface area (Å²) in [5.41, 5.74) is 4.58. The number of rotatable bonds is 5. The second kappa shape index (κ2) is 8.55. The van der Waals surface area contributed by atoms with E-state index in [0.717, 1.165) is 11.1 Å². The Labute approximate surface area is 187 Å². The van der Waals surface area contributed by atoms with Crippen LogP contribution in [0.4, 0.5) is 17.1 Å². The molecule has 4 aromatic rings. The van der Waals surface area contributed by atoms with E-state index < -0.39 is 0 Å². The number of benzene rings is 4. The van der Waals surface area contributed by atoms with E-state index in [1.54, 1.807) is 30.3 Å². The maximum absolute atomic E-state index is 10.5. The summed E-state index contributed by atoms with van der Waals surface area (Å²) in [5, 5.41) is 31.0. The molecule has 0 radical (unpaired) electrons. The molecule has 0 heterocycles. The van der Waals surface area contributed by atoms with E-state index in [9.17, 15) is 15.3 Å². The van der Waals surface area contributed by atoms with Gasteiger partial charge in [0.1, 0.15) is 11.5 Å². The molecule has 3 N–H and O–H groups in total. The van der Waals surface area contributed by atoms with E-state index in [0.29, 0.717) is 34.1 Å². The smallest absolute Gasteiger partial charge is 0.169 e. The lowest BCUT2D eigenvalue weighted by Gasteiger charge is -2.28. The van der Waals surface area contributed by atoms with Crippen LogP contribution in [0.5, 0.6) is 28.7 Å². The zero-order chi connectivity index (χ0) is 22.8. The molecule has 0 bridgehead atoms. The number of phenolic OH excluding ortho intramolecular Hbond substituents is 3. The van der Waals surface area contributed by atoms with E-state index >= 15 is 0 Å². The Morgan fingerprint density at radius 2 is 1.19 bits per heavy atom. The molecule has 0 aliphatic carbocycles. The molecular weight excluding hydrogens is 402 g/mol. The number of ether oxygens (including phenoxy) is 1. The van der Waals surface area contributed by atoms with Crippen molar-refractivity contribution in [1.29, 1.82) is 0 Å². The molecule has 0 saturated heterocycles. The van der Waals surface area contributed by atoms with Gasteiger partial charge in [0.15, 0.2) is 17.2 Å². The summed E-state index contributed by atoms with van der Waals surface area (Å²) < 4.78 is 6.15. The fourth-order valence-corrected chi connectivity index (χ4v) is 3.73. The molecule has 0 spiro atoms. The third-order valence-electron chi connectivity index (χ3n) is 5.14. The van der Waals surface area contributed by atoms with Gasteiger partial charge < -0.3 is 25.0 Å². The lowest BCUT2D eigenvalue weighted by molar-refractivity contribution is 0.409. The summed E-state index contributed by atoms with van der Waals surface area (Å²) in [4.78, 5) is 1.90. The number of aryl methyl sites for hydroxylation is 3. The molecule has 0 saturated carbocycles. The van der Waals surface area contributed by atoms with Gasteiger partial charge in [-0.2, -0.15) is 0 Å². The highest BCUT2D eigenvalue weighted by Gasteiger charge is 2.20. The predicted molar refractivity (Wildman–Crippen MR) is 127 cm³/mol. The first-order valence-corrected chi connectivity index (χ1v) is 10.3. The standard InChI is InChI=1S/C27H25NO4/c1-17-11-20(15-22(29)13-17)28(21-12-18(2)14-23(30)16-21)24-8-4-5-9-25(24)32-26-10-6-7-19(3)27(26)31/h4-16,29-31H,1-3H3. The highest BCUT2D eigenvalue weighted by molar-refractivity contribution is 5.82. The molecule has 0 aliphatic heterocycles. The van der Waals surface area contributed by atoms with Gasteiger partial charge in [-0.25, -0.2) is 0 Å². The normalized spacial score (nSPS) is 10.7. The average Bonchev–Trinajstić information content (AvgIpc) is 2.71. The Kier molecular flexibility index (Phi) is 5.65. The molecule has 0 aromatic heterocycles. The van der Waals surface area contributed by atoms with Crippen LogP contribution >= 0.6 is 0 Å². The van der Waals surface area contributed by atoms with Crippen molar-refractivity contribution in [3.8, 4) is 28.7 Å². The van der Waals surface area contributed by atoms with Crippen LogP contribution in [-0.4, -0.2) is 15.3 Å². The third kappa shape index (κ3) is 4.32. The second-order valence-electron chi connectivity index (χ2n) is 7.88. The van der Waals surface area contributed by atoms with E-state index in [2.05, 4.69) is 0 Å². The number of nitrogens with zero attached hydrogens (tertiary/aromatic N) is 1. The van der Waals surface area contributed by atoms with Crippen molar-refractivity contribution in [2.75, 3.05) is 4.90 Å². The Balaban J connectivity index is 1.91. The Morgan fingerprint density at radius 1 is 0.625 bits per heavy atom. The van der Waals surface area contributed by atoms with Crippen LogP contribution in [0.25, 0.3) is 0 Å². The van der Waals surface area contributed by atoms with Crippen LogP contribution in [0, 0.1) is 20.8 Å². The molecule has 0 atom stereocenters. The SMILES string of the molecule is Cc1cc(O)cc(N(c2cc(C)cc(O)c2)c2ccccc2Oc2cccc(C)c2O)c1. The first-order chi connectivity index (χ1) is 15.3. The zero-order valence-corrected chi connectivity index (χ0v) is 18.2. The summed E-state index contributed by atoms with van der Waals surface area (Å²) in [6.45, 7) is 5.62. The largest absolute Gasteiger partial charge is 0.508 e. The van der Waals surface area contributed by atoms with Crippen LogP contribution in [0.1, 0.15) is 16.7 Å². The second-order valence-corrected chi connectivity index (χ2v) is 7.88. The minimum atomic E-state index is 0.0789. The monoisotopic (exact) mass is 427 g/mol. The Morgan fingerprint density at radius 3 is 1.78 bits per heavy atom. The lowest BCUT2D eigenvalue weighted by atomic mass is 10.1. The van der Waals surface area contributed by atoms with Gasteiger partial charge in [-0.15, -0.1) is 0 Å². The number of para-hydroxylation sites is 3. The maximum atomic E-state index is 10.5. The first-order valence-electron chi connectivity index (χ1n) is 10.3. The summed E-state index contributed by atoms with van der Waals surface area (Å²) in [6.07, 6.45) is 0. The van der Waals surface area contributed by atoms with Gasteiger partial charge >= 0.3 is 0 Å². The van der Waals surface area contributed by atoms with Crippen molar-refractivity contribution in [3.63, 3.8) is 0 Å². The van der Waals surface area contributed by atoms with Crippen LogP contribution in [0.15, 0.2) is 78.9 Å².